The van der Waals surface area contributed by atoms with Crippen LogP contribution in [0.4, 0.5) is 0 Å². The number of hydrogen-bond donors (Lipinski definition) is 2. The first-order chi connectivity index (χ1) is 10.7. The molecule has 0 fully saturated rings. The Labute approximate surface area is 131 Å². The van der Waals surface area contributed by atoms with Crippen molar-refractivity contribution in [3.8, 4) is 5.75 Å². The lowest BCUT2D eigenvalue weighted by Gasteiger charge is -2.11. The van der Waals surface area contributed by atoms with Crippen LogP contribution in [0.15, 0.2) is 47.4 Å². The zero-order valence-corrected chi connectivity index (χ0v) is 12.7. The van der Waals surface area contributed by atoms with Gasteiger partial charge in [-0.3, -0.25) is 0 Å². The number of rotatable bonds is 5. The first-order valence-electron chi connectivity index (χ1n) is 6.33. The fraction of sp³-hybridized carbons (Fsp3) is 0.0667. The molecule has 7 nitrogen and oxygen atoms in total. The quantitative estimate of drug-likeness (QED) is 0.803. The van der Waals surface area contributed by atoms with Gasteiger partial charge in [0.1, 0.15) is 10.5 Å². The first-order valence-corrected chi connectivity index (χ1v) is 7.74. The molecule has 0 atom stereocenters. The Kier molecular flexibility index (Phi) is 4.37. The summed E-state index contributed by atoms with van der Waals surface area (Å²) in [6, 6.07) is 9.20. The third kappa shape index (κ3) is 3.49. The molecule has 2 rings (SSSR count). The van der Waals surface area contributed by atoms with Crippen molar-refractivity contribution in [2.75, 3.05) is 0 Å². The molecule has 0 aliphatic carbocycles. The van der Waals surface area contributed by atoms with Crippen LogP contribution in [0.3, 0.4) is 0 Å². The highest BCUT2D eigenvalue weighted by Crippen LogP contribution is 2.26. The summed E-state index contributed by atoms with van der Waals surface area (Å²) in [6.07, 6.45) is 0. The normalized spacial score (nSPS) is 11.0. The van der Waals surface area contributed by atoms with Gasteiger partial charge in [0.05, 0.1) is 5.56 Å². The molecule has 2 N–H and O–H groups in total. The average Bonchev–Trinajstić information content (AvgIpc) is 2.46. The molecule has 0 aromatic heterocycles. The van der Waals surface area contributed by atoms with E-state index in [0.717, 1.165) is 12.1 Å². The molecule has 0 unspecified atom stereocenters. The number of carboxylic acid groups (broad SMARTS) is 2. The summed E-state index contributed by atoms with van der Waals surface area (Å²) in [7, 11) is -4.29. The predicted molar refractivity (Wildman–Crippen MR) is 79.4 cm³/mol. The van der Waals surface area contributed by atoms with Gasteiger partial charge >= 0.3 is 22.1 Å². The van der Waals surface area contributed by atoms with Gasteiger partial charge in [0, 0.05) is 0 Å². The summed E-state index contributed by atoms with van der Waals surface area (Å²) in [4.78, 5) is 22.2. The number of aromatic carboxylic acids is 2. The molecule has 0 bridgehead atoms. The number of benzene rings is 2. The van der Waals surface area contributed by atoms with Gasteiger partial charge in [-0.15, -0.1) is 0 Å². The lowest BCUT2D eigenvalue weighted by atomic mass is 10.1. The zero-order valence-electron chi connectivity index (χ0n) is 11.9. The van der Waals surface area contributed by atoms with Crippen LogP contribution in [-0.2, 0) is 10.1 Å². The van der Waals surface area contributed by atoms with Gasteiger partial charge in [-0.1, -0.05) is 18.2 Å². The van der Waals surface area contributed by atoms with Crippen molar-refractivity contribution >= 4 is 22.1 Å². The van der Waals surface area contributed by atoms with Crippen LogP contribution >= 0.6 is 0 Å². The third-order valence-electron chi connectivity index (χ3n) is 2.95. The summed E-state index contributed by atoms with van der Waals surface area (Å²) < 4.78 is 29.3. The van der Waals surface area contributed by atoms with Crippen molar-refractivity contribution in [2.24, 2.45) is 0 Å². The summed E-state index contributed by atoms with van der Waals surface area (Å²) in [5, 5.41) is 18.2. The molecule has 0 heterocycles. The Morgan fingerprint density at radius 2 is 1.65 bits per heavy atom. The van der Waals surface area contributed by atoms with Crippen LogP contribution in [-0.4, -0.2) is 30.6 Å². The monoisotopic (exact) mass is 336 g/mol. The topological polar surface area (TPSA) is 118 Å². The average molecular weight is 336 g/mol. The van der Waals surface area contributed by atoms with Crippen LogP contribution in [0.2, 0.25) is 0 Å². The maximum atomic E-state index is 12.2. The Morgan fingerprint density at radius 1 is 1.00 bits per heavy atom. The molecule has 2 aromatic carbocycles. The van der Waals surface area contributed by atoms with E-state index in [1.165, 1.54) is 24.3 Å². The highest BCUT2D eigenvalue weighted by Gasteiger charge is 2.25. The van der Waals surface area contributed by atoms with Gasteiger partial charge in [0.2, 0.25) is 0 Å². The van der Waals surface area contributed by atoms with E-state index in [-0.39, 0.29) is 4.90 Å². The van der Waals surface area contributed by atoms with E-state index < -0.39 is 38.9 Å². The van der Waals surface area contributed by atoms with E-state index in [1.807, 2.05) is 0 Å². The Hall–Kier alpha value is -2.87. The number of carboxylic acids is 2. The second-order valence-electron chi connectivity index (χ2n) is 4.64. The minimum Gasteiger partial charge on any atom is -0.478 e. The summed E-state index contributed by atoms with van der Waals surface area (Å²) in [5.74, 6) is -3.66. The summed E-state index contributed by atoms with van der Waals surface area (Å²) in [5.41, 5.74) is -0.613. The van der Waals surface area contributed by atoms with Crippen LogP contribution in [0.1, 0.15) is 26.3 Å². The maximum absolute atomic E-state index is 12.2. The zero-order chi connectivity index (χ0) is 17.2. The molecule has 0 spiro atoms. The molecule has 0 aliphatic heterocycles. The molecule has 0 amide bonds. The first kappa shape index (κ1) is 16.5. The van der Waals surface area contributed by atoms with E-state index in [4.69, 9.17) is 14.4 Å². The van der Waals surface area contributed by atoms with Crippen molar-refractivity contribution in [3.63, 3.8) is 0 Å². The molecule has 23 heavy (non-hydrogen) atoms. The van der Waals surface area contributed by atoms with Gasteiger partial charge in [-0.25, -0.2) is 9.59 Å². The lowest BCUT2D eigenvalue weighted by molar-refractivity contribution is 0.0649. The smallest absolute Gasteiger partial charge is 0.340 e. The fourth-order valence-corrected chi connectivity index (χ4v) is 2.98. The second-order valence-corrected chi connectivity index (χ2v) is 6.19. The Morgan fingerprint density at radius 3 is 2.22 bits per heavy atom. The van der Waals surface area contributed by atoms with E-state index in [1.54, 1.807) is 13.0 Å². The van der Waals surface area contributed by atoms with Crippen molar-refractivity contribution in [3.05, 3.63) is 59.2 Å². The van der Waals surface area contributed by atoms with Crippen LogP contribution in [0, 0.1) is 6.92 Å². The van der Waals surface area contributed by atoms with Gasteiger partial charge in [-0.05, 0) is 36.8 Å². The van der Waals surface area contributed by atoms with Gasteiger partial charge in [-0.2, -0.15) is 8.42 Å². The van der Waals surface area contributed by atoms with Gasteiger partial charge in [0.15, 0.2) is 5.75 Å². The summed E-state index contributed by atoms with van der Waals surface area (Å²) >= 11 is 0. The summed E-state index contributed by atoms with van der Waals surface area (Å²) in [6.45, 7) is 1.69. The van der Waals surface area contributed by atoms with Crippen LogP contribution in [0.5, 0.6) is 5.75 Å². The van der Waals surface area contributed by atoms with E-state index in [2.05, 4.69) is 0 Å². The molecule has 0 radical (unpaired) electrons. The van der Waals surface area contributed by atoms with Gasteiger partial charge in [0.25, 0.3) is 0 Å². The van der Waals surface area contributed by atoms with E-state index in [0.29, 0.717) is 5.56 Å². The van der Waals surface area contributed by atoms with Crippen molar-refractivity contribution < 1.29 is 32.4 Å². The van der Waals surface area contributed by atoms with Crippen LogP contribution < -0.4 is 4.18 Å². The molecule has 0 saturated heterocycles. The molecule has 120 valence electrons. The molecular formula is C15H12O7S. The number of carbonyl (C=O) groups is 2. The van der Waals surface area contributed by atoms with Crippen molar-refractivity contribution in [1.29, 1.82) is 0 Å². The fourth-order valence-electron chi connectivity index (χ4n) is 1.94. The molecule has 8 heteroatoms. The number of hydrogen-bond acceptors (Lipinski definition) is 5. The molecular weight excluding hydrogens is 324 g/mol. The number of aryl methyl sites for hydroxylation is 1. The van der Waals surface area contributed by atoms with Crippen molar-refractivity contribution in [2.45, 2.75) is 11.8 Å². The van der Waals surface area contributed by atoms with Gasteiger partial charge < -0.3 is 14.4 Å². The highest BCUT2D eigenvalue weighted by molar-refractivity contribution is 7.87. The van der Waals surface area contributed by atoms with Crippen molar-refractivity contribution in [1.82, 2.24) is 0 Å². The lowest BCUT2D eigenvalue weighted by Crippen LogP contribution is -2.15. The second kappa shape index (κ2) is 6.09. The SMILES string of the molecule is Cc1cccc(S(=O)(=O)Oc2cccc(C(=O)O)c2C(=O)O)c1. The maximum Gasteiger partial charge on any atom is 0.340 e. The molecule has 0 aliphatic rings. The molecule has 0 saturated carbocycles. The standard InChI is InChI=1S/C15H12O7S/c1-9-4-2-5-10(8-9)23(20,21)22-12-7-3-6-11(14(16)17)13(12)15(18)19/h2-8H,1H3,(H,16,17)(H,18,19). The minimum absolute atomic E-state index is 0.158. The Bertz CT molecular complexity index is 884. The predicted octanol–water partition coefficient (Wildman–Crippen LogP) is 2.16. The van der Waals surface area contributed by atoms with Crippen LogP contribution in [0.25, 0.3) is 0 Å². The largest absolute Gasteiger partial charge is 0.478 e. The molecule has 2 aromatic rings. The highest BCUT2D eigenvalue weighted by atomic mass is 32.2. The van der Waals surface area contributed by atoms with E-state index in [9.17, 15) is 18.0 Å². The minimum atomic E-state index is -4.29. The third-order valence-corrected chi connectivity index (χ3v) is 4.18. The Balaban J connectivity index is 2.54. The van der Waals surface area contributed by atoms with E-state index >= 15 is 0 Å².